The molecule has 2 aromatic carbocycles. The van der Waals surface area contributed by atoms with Crippen molar-refractivity contribution in [1.29, 1.82) is 0 Å². The first-order valence-electron chi connectivity index (χ1n) is 8.45. The Hall–Kier alpha value is -3.19. The highest BCUT2D eigenvalue weighted by atomic mass is 32.2. The second-order valence-electron chi connectivity index (χ2n) is 6.34. The summed E-state index contributed by atoms with van der Waals surface area (Å²) in [5.41, 5.74) is 3.93. The summed E-state index contributed by atoms with van der Waals surface area (Å²) in [5, 5.41) is 7.73. The number of nitrogens with zero attached hydrogens (tertiary/aromatic N) is 2. The third-order valence-corrected chi connectivity index (χ3v) is 5.98. The van der Waals surface area contributed by atoms with Crippen molar-refractivity contribution in [2.24, 2.45) is 0 Å². The molecule has 0 saturated heterocycles. The molecule has 27 heavy (non-hydrogen) atoms. The predicted octanol–water partition coefficient (Wildman–Crippen LogP) is 4.04. The molecule has 0 spiro atoms. The number of aromatic nitrogens is 3. The number of H-pyrrole nitrogens is 1. The summed E-state index contributed by atoms with van der Waals surface area (Å²) in [6.07, 6.45) is 0. The Morgan fingerprint density at radius 3 is 2.56 bits per heavy atom. The maximum atomic E-state index is 12.7. The van der Waals surface area contributed by atoms with E-state index in [2.05, 4.69) is 19.9 Å². The number of sulfonamides is 1. The minimum Gasteiger partial charge on any atom is -0.281 e. The monoisotopic (exact) mass is 378 g/mol. The highest BCUT2D eigenvalue weighted by Crippen LogP contribution is 2.26. The van der Waals surface area contributed by atoms with Gasteiger partial charge in [-0.3, -0.25) is 9.82 Å². The Kier molecular flexibility index (Phi) is 4.16. The molecule has 2 heterocycles. The molecular weight excluding hydrogens is 360 g/mol. The third-order valence-electron chi connectivity index (χ3n) is 4.34. The van der Waals surface area contributed by atoms with E-state index < -0.39 is 10.0 Å². The normalized spacial score (nSPS) is 11.6. The molecule has 0 radical (unpaired) electrons. The topological polar surface area (TPSA) is 87.7 Å². The standard InChI is InChI=1S/C20H18N4O2S/c1-13-20(14(2)23-22-13)27(25,26)24-17-8-5-7-16(12-17)19-11-10-15-6-3-4-9-18(15)21-19/h3-12,24H,1-2H3,(H,22,23). The Balaban J connectivity index is 1.70. The Bertz CT molecular complexity index is 1230. The Morgan fingerprint density at radius 1 is 0.963 bits per heavy atom. The van der Waals surface area contributed by atoms with Crippen LogP contribution >= 0.6 is 0 Å². The lowest BCUT2D eigenvalue weighted by atomic mass is 10.1. The first kappa shape index (κ1) is 17.2. The van der Waals surface area contributed by atoms with Gasteiger partial charge in [-0.15, -0.1) is 0 Å². The predicted molar refractivity (Wildman–Crippen MR) is 106 cm³/mol. The molecule has 0 aliphatic heterocycles. The maximum absolute atomic E-state index is 12.7. The summed E-state index contributed by atoms with van der Waals surface area (Å²) in [5.74, 6) is 0. The van der Waals surface area contributed by atoms with Crippen LogP contribution in [-0.4, -0.2) is 23.6 Å². The van der Waals surface area contributed by atoms with E-state index in [4.69, 9.17) is 0 Å². The van der Waals surface area contributed by atoms with Gasteiger partial charge in [-0.1, -0.05) is 36.4 Å². The van der Waals surface area contributed by atoms with Crippen LogP contribution in [0.1, 0.15) is 11.4 Å². The number of benzene rings is 2. The maximum Gasteiger partial charge on any atom is 0.265 e. The van der Waals surface area contributed by atoms with Crippen LogP contribution in [-0.2, 0) is 10.0 Å². The van der Waals surface area contributed by atoms with E-state index in [1.807, 2.05) is 42.5 Å². The molecule has 4 rings (SSSR count). The van der Waals surface area contributed by atoms with Gasteiger partial charge in [0.15, 0.2) is 0 Å². The molecular formula is C20H18N4O2S. The van der Waals surface area contributed by atoms with E-state index in [-0.39, 0.29) is 4.90 Å². The van der Waals surface area contributed by atoms with Crippen molar-refractivity contribution in [3.05, 3.63) is 72.1 Å². The number of rotatable bonds is 4. The molecule has 7 heteroatoms. The number of pyridine rings is 1. The van der Waals surface area contributed by atoms with Gasteiger partial charge in [0.2, 0.25) is 0 Å². The molecule has 2 aromatic heterocycles. The molecule has 0 aliphatic rings. The number of hydrogen-bond donors (Lipinski definition) is 2. The lowest BCUT2D eigenvalue weighted by molar-refractivity contribution is 0.600. The van der Waals surface area contributed by atoms with Gasteiger partial charge in [-0.2, -0.15) is 5.10 Å². The van der Waals surface area contributed by atoms with Crippen molar-refractivity contribution < 1.29 is 8.42 Å². The van der Waals surface area contributed by atoms with Crippen LogP contribution in [0.2, 0.25) is 0 Å². The van der Waals surface area contributed by atoms with Crippen LogP contribution in [0.25, 0.3) is 22.2 Å². The van der Waals surface area contributed by atoms with Crippen LogP contribution in [0.5, 0.6) is 0 Å². The van der Waals surface area contributed by atoms with Gasteiger partial charge in [0.05, 0.1) is 22.6 Å². The van der Waals surface area contributed by atoms with Crippen molar-refractivity contribution in [3.8, 4) is 11.3 Å². The molecule has 0 amide bonds. The summed E-state index contributed by atoms with van der Waals surface area (Å²) in [6, 6.07) is 19.0. The zero-order valence-corrected chi connectivity index (χ0v) is 15.7. The van der Waals surface area contributed by atoms with Gasteiger partial charge >= 0.3 is 0 Å². The molecule has 0 fully saturated rings. The van der Waals surface area contributed by atoms with E-state index in [0.29, 0.717) is 17.1 Å². The number of aromatic amines is 1. The average molecular weight is 378 g/mol. The van der Waals surface area contributed by atoms with Gasteiger partial charge in [0, 0.05) is 16.6 Å². The van der Waals surface area contributed by atoms with Gasteiger partial charge < -0.3 is 0 Å². The van der Waals surface area contributed by atoms with Gasteiger partial charge in [-0.05, 0) is 38.1 Å². The van der Waals surface area contributed by atoms with Crippen LogP contribution in [0.4, 0.5) is 5.69 Å². The molecule has 2 N–H and O–H groups in total. The molecule has 4 aromatic rings. The first-order chi connectivity index (χ1) is 12.9. The van der Waals surface area contributed by atoms with E-state index in [1.54, 1.807) is 32.0 Å². The summed E-state index contributed by atoms with van der Waals surface area (Å²) in [7, 11) is -3.73. The highest BCUT2D eigenvalue weighted by molar-refractivity contribution is 7.92. The Labute approximate surface area is 157 Å². The van der Waals surface area contributed by atoms with E-state index >= 15 is 0 Å². The van der Waals surface area contributed by atoms with Crippen LogP contribution in [0, 0.1) is 13.8 Å². The largest absolute Gasteiger partial charge is 0.281 e. The fraction of sp³-hybridized carbons (Fsp3) is 0.100. The first-order valence-corrected chi connectivity index (χ1v) is 9.93. The molecule has 0 aliphatic carbocycles. The van der Waals surface area contributed by atoms with Gasteiger partial charge in [0.1, 0.15) is 4.90 Å². The molecule has 0 bridgehead atoms. The van der Waals surface area contributed by atoms with Crippen LogP contribution < -0.4 is 4.72 Å². The summed E-state index contributed by atoms with van der Waals surface area (Å²) in [6.45, 7) is 3.34. The molecule has 136 valence electrons. The highest BCUT2D eigenvalue weighted by Gasteiger charge is 2.22. The van der Waals surface area contributed by atoms with Crippen LogP contribution in [0.3, 0.4) is 0 Å². The van der Waals surface area contributed by atoms with E-state index in [9.17, 15) is 8.42 Å². The number of nitrogens with one attached hydrogen (secondary N) is 2. The van der Waals surface area contributed by atoms with Gasteiger partial charge in [0.25, 0.3) is 10.0 Å². The summed E-state index contributed by atoms with van der Waals surface area (Å²) in [4.78, 5) is 4.85. The van der Waals surface area contributed by atoms with Crippen LogP contribution in [0.15, 0.2) is 65.6 Å². The molecule has 6 nitrogen and oxygen atoms in total. The zero-order valence-electron chi connectivity index (χ0n) is 14.9. The minimum atomic E-state index is -3.73. The van der Waals surface area contributed by atoms with Crippen molar-refractivity contribution in [1.82, 2.24) is 15.2 Å². The average Bonchev–Trinajstić information content (AvgIpc) is 3.00. The van der Waals surface area contributed by atoms with Crippen molar-refractivity contribution in [3.63, 3.8) is 0 Å². The second kappa shape index (κ2) is 6.51. The molecule has 0 unspecified atom stereocenters. The molecule has 0 saturated carbocycles. The van der Waals surface area contributed by atoms with E-state index in [0.717, 1.165) is 22.2 Å². The second-order valence-corrected chi connectivity index (χ2v) is 7.96. The minimum absolute atomic E-state index is 0.178. The third kappa shape index (κ3) is 3.29. The van der Waals surface area contributed by atoms with Crippen molar-refractivity contribution in [2.75, 3.05) is 4.72 Å². The number of fused-ring (bicyclic) bond motifs is 1. The Morgan fingerprint density at radius 2 is 1.78 bits per heavy atom. The number of para-hydroxylation sites is 1. The van der Waals surface area contributed by atoms with E-state index in [1.165, 1.54) is 0 Å². The quantitative estimate of drug-likeness (QED) is 0.561. The molecule has 0 atom stereocenters. The van der Waals surface area contributed by atoms with Crippen molar-refractivity contribution >= 4 is 26.6 Å². The summed E-state index contributed by atoms with van der Waals surface area (Å²) >= 11 is 0. The fourth-order valence-electron chi connectivity index (χ4n) is 3.11. The number of hydrogen-bond acceptors (Lipinski definition) is 4. The fourth-order valence-corrected chi connectivity index (χ4v) is 4.53. The smallest absolute Gasteiger partial charge is 0.265 e. The SMILES string of the molecule is Cc1n[nH]c(C)c1S(=O)(=O)Nc1cccc(-c2ccc3ccccc3n2)c1. The lowest BCUT2D eigenvalue weighted by Gasteiger charge is -2.10. The van der Waals surface area contributed by atoms with Gasteiger partial charge in [-0.25, -0.2) is 13.4 Å². The zero-order chi connectivity index (χ0) is 19.0. The number of aryl methyl sites for hydroxylation is 2. The summed E-state index contributed by atoms with van der Waals surface area (Å²) < 4.78 is 28.1. The lowest BCUT2D eigenvalue weighted by Crippen LogP contribution is -2.14. The van der Waals surface area contributed by atoms with Crippen molar-refractivity contribution in [2.45, 2.75) is 18.7 Å². The number of anilines is 1.